The number of alkyl carbamates (subject to hydrolysis) is 1. The maximum absolute atomic E-state index is 12.2. The monoisotopic (exact) mass is 397 g/mol. The molecule has 0 aliphatic heterocycles. The highest BCUT2D eigenvalue weighted by Gasteiger charge is 2.29. The van der Waals surface area contributed by atoms with Crippen LogP contribution in [0.1, 0.15) is 23.5 Å². The van der Waals surface area contributed by atoms with Crippen molar-refractivity contribution in [2.24, 2.45) is 0 Å². The first kappa shape index (κ1) is 20.0. The number of carbonyl (C=O) groups excluding carboxylic acids is 1. The van der Waals surface area contributed by atoms with Gasteiger partial charge in [-0.3, -0.25) is 0 Å². The van der Waals surface area contributed by atoms with Gasteiger partial charge in [-0.2, -0.15) is 11.8 Å². The Hall–Kier alpha value is -2.73. The number of benzene rings is 2. The third-order valence-electron chi connectivity index (χ3n) is 4.72. The molecule has 28 heavy (non-hydrogen) atoms. The lowest BCUT2D eigenvalue weighted by atomic mass is 9.98. The second kappa shape index (κ2) is 9.46. The minimum absolute atomic E-state index is 0.0513. The molecule has 0 saturated carbocycles. The smallest absolute Gasteiger partial charge is 0.407 e. The highest BCUT2D eigenvalue weighted by atomic mass is 32.2. The molecule has 0 heterocycles. The minimum atomic E-state index is -1.06. The zero-order valence-electron chi connectivity index (χ0n) is 15.5. The number of hydrogen-bond acceptors (Lipinski definition) is 4. The number of fused-ring (bicyclic) bond motifs is 3. The standard InChI is InChI=1S/C22H23NO4S/c1-2-12-28-13-11-20(21(24)25)23-22(26)27-14-19-17-9-5-3-7-15(17)16-8-4-6-10-18(16)19/h2-10,19-20H,1,11-14H2,(H,23,26)(H,24,25)/t20-/m0/s1. The predicted molar refractivity (Wildman–Crippen MR) is 112 cm³/mol. The summed E-state index contributed by atoms with van der Waals surface area (Å²) in [4.78, 5) is 23.6. The Morgan fingerprint density at radius 2 is 1.75 bits per heavy atom. The maximum Gasteiger partial charge on any atom is 0.407 e. The molecule has 0 spiro atoms. The zero-order valence-corrected chi connectivity index (χ0v) is 16.3. The number of aliphatic carboxylic acids is 1. The Balaban J connectivity index is 1.61. The van der Waals surface area contributed by atoms with E-state index in [0.717, 1.165) is 28.0 Å². The molecule has 5 nitrogen and oxygen atoms in total. The van der Waals surface area contributed by atoms with Crippen LogP contribution in [-0.2, 0) is 9.53 Å². The number of amides is 1. The van der Waals surface area contributed by atoms with Crippen LogP contribution in [0.4, 0.5) is 4.79 Å². The topological polar surface area (TPSA) is 75.6 Å². The van der Waals surface area contributed by atoms with E-state index in [0.29, 0.717) is 12.2 Å². The van der Waals surface area contributed by atoms with Gasteiger partial charge in [0.15, 0.2) is 0 Å². The molecule has 0 saturated heterocycles. The summed E-state index contributed by atoms with van der Waals surface area (Å²) in [5.74, 6) is 0.251. The lowest BCUT2D eigenvalue weighted by Crippen LogP contribution is -2.41. The molecule has 3 rings (SSSR count). The molecule has 1 aliphatic rings. The van der Waals surface area contributed by atoms with E-state index in [-0.39, 0.29) is 12.5 Å². The van der Waals surface area contributed by atoms with Gasteiger partial charge in [0.25, 0.3) is 0 Å². The highest BCUT2D eigenvalue weighted by molar-refractivity contribution is 7.99. The second-order valence-electron chi connectivity index (χ2n) is 6.51. The van der Waals surface area contributed by atoms with Crippen LogP contribution in [0, 0.1) is 0 Å². The lowest BCUT2D eigenvalue weighted by molar-refractivity contribution is -0.139. The van der Waals surface area contributed by atoms with Gasteiger partial charge in [0.2, 0.25) is 0 Å². The molecule has 6 heteroatoms. The fourth-order valence-electron chi connectivity index (χ4n) is 3.41. The minimum Gasteiger partial charge on any atom is -0.480 e. The summed E-state index contributed by atoms with van der Waals surface area (Å²) >= 11 is 1.57. The SMILES string of the molecule is C=CCSCC[C@H](NC(=O)OCC1c2ccccc2-c2ccccc21)C(=O)O. The molecule has 1 aliphatic carbocycles. The van der Waals surface area contributed by atoms with E-state index < -0.39 is 18.1 Å². The number of carboxylic acids is 1. The number of thioether (sulfide) groups is 1. The molecule has 2 N–H and O–H groups in total. The van der Waals surface area contributed by atoms with Crippen LogP contribution in [-0.4, -0.2) is 41.3 Å². The van der Waals surface area contributed by atoms with Gasteiger partial charge in [0.05, 0.1) is 0 Å². The Kier molecular flexibility index (Phi) is 6.76. The van der Waals surface area contributed by atoms with Crippen molar-refractivity contribution in [3.05, 3.63) is 72.3 Å². The molecule has 0 unspecified atom stereocenters. The largest absolute Gasteiger partial charge is 0.480 e. The Bertz CT molecular complexity index is 822. The van der Waals surface area contributed by atoms with Crippen LogP contribution < -0.4 is 5.32 Å². The number of carboxylic acid groups (broad SMARTS) is 1. The van der Waals surface area contributed by atoms with E-state index in [2.05, 4.69) is 24.0 Å². The average Bonchev–Trinajstić information content (AvgIpc) is 3.02. The van der Waals surface area contributed by atoms with Gasteiger partial charge in [0.1, 0.15) is 12.6 Å². The van der Waals surface area contributed by atoms with Crippen LogP contribution in [0.2, 0.25) is 0 Å². The zero-order chi connectivity index (χ0) is 19.9. The second-order valence-corrected chi connectivity index (χ2v) is 7.66. The van der Waals surface area contributed by atoms with Gasteiger partial charge < -0.3 is 15.2 Å². The number of rotatable bonds is 9. The fraction of sp³-hybridized carbons (Fsp3) is 0.273. The van der Waals surface area contributed by atoms with Crippen molar-refractivity contribution in [1.29, 1.82) is 0 Å². The van der Waals surface area contributed by atoms with Crippen LogP contribution in [0.3, 0.4) is 0 Å². The van der Waals surface area contributed by atoms with E-state index in [1.165, 1.54) is 0 Å². The summed E-state index contributed by atoms with van der Waals surface area (Å²) in [6.07, 6.45) is 1.39. The third-order valence-corrected chi connectivity index (χ3v) is 5.72. The summed E-state index contributed by atoms with van der Waals surface area (Å²) in [5.41, 5.74) is 4.53. The van der Waals surface area contributed by atoms with Gasteiger partial charge in [-0.25, -0.2) is 9.59 Å². The third kappa shape index (κ3) is 4.57. The molecule has 1 amide bonds. The van der Waals surface area contributed by atoms with E-state index in [1.807, 2.05) is 36.4 Å². The summed E-state index contributed by atoms with van der Waals surface area (Å²) in [7, 11) is 0. The first-order valence-corrected chi connectivity index (χ1v) is 10.3. The van der Waals surface area contributed by atoms with E-state index >= 15 is 0 Å². The average molecular weight is 397 g/mol. The van der Waals surface area contributed by atoms with E-state index in [1.54, 1.807) is 17.8 Å². The van der Waals surface area contributed by atoms with Crippen molar-refractivity contribution in [2.75, 3.05) is 18.1 Å². The lowest BCUT2D eigenvalue weighted by Gasteiger charge is -2.17. The normalized spacial score (nSPS) is 13.3. The summed E-state index contributed by atoms with van der Waals surface area (Å²) in [5, 5.41) is 11.8. The molecule has 0 aromatic heterocycles. The van der Waals surface area contributed by atoms with Crippen molar-refractivity contribution < 1.29 is 19.4 Å². The molecular weight excluding hydrogens is 374 g/mol. The number of nitrogens with one attached hydrogen (secondary N) is 1. The van der Waals surface area contributed by atoms with Gasteiger partial charge >= 0.3 is 12.1 Å². The molecule has 1 atom stereocenters. The summed E-state index contributed by atoms with van der Waals surface area (Å²) in [6, 6.07) is 15.2. The Labute approximate surface area is 168 Å². The molecule has 0 fully saturated rings. The number of carbonyl (C=O) groups is 2. The number of hydrogen-bond donors (Lipinski definition) is 2. The predicted octanol–water partition coefficient (Wildman–Crippen LogP) is 4.29. The van der Waals surface area contributed by atoms with Crippen LogP contribution in [0.5, 0.6) is 0 Å². The van der Waals surface area contributed by atoms with E-state index in [4.69, 9.17) is 4.74 Å². The Morgan fingerprint density at radius 3 is 2.32 bits per heavy atom. The Morgan fingerprint density at radius 1 is 1.14 bits per heavy atom. The molecule has 146 valence electrons. The van der Waals surface area contributed by atoms with Crippen molar-refractivity contribution >= 4 is 23.8 Å². The van der Waals surface area contributed by atoms with Crippen molar-refractivity contribution in [1.82, 2.24) is 5.32 Å². The van der Waals surface area contributed by atoms with Gasteiger partial charge in [0, 0.05) is 11.7 Å². The quantitative estimate of drug-likeness (QED) is 0.488. The first-order valence-electron chi connectivity index (χ1n) is 9.14. The fourth-order valence-corrected chi connectivity index (χ4v) is 4.14. The van der Waals surface area contributed by atoms with Crippen molar-refractivity contribution in [3.63, 3.8) is 0 Å². The molecular formula is C22H23NO4S. The van der Waals surface area contributed by atoms with E-state index in [9.17, 15) is 14.7 Å². The number of ether oxygens (including phenoxy) is 1. The van der Waals surface area contributed by atoms with Crippen LogP contribution >= 0.6 is 11.8 Å². The first-order chi connectivity index (χ1) is 13.6. The summed E-state index contributed by atoms with van der Waals surface area (Å²) < 4.78 is 5.41. The molecule has 0 radical (unpaired) electrons. The van der Waals surface area contributed by atoms with Crippen LogP contribution in [0.15, 0.2) is 61.2 Å². The van der Waals surface area contributed by atoms with Crippen LogP contribution in [0.25, 0.3) is 11.1 Å². The maximum atomic E-state index is 12.2. The van der Waals surface area contributed by atoms with Gasteiger partial charge in [-0.15, -0.1) is 6.58 Å². The molecule has 0 bridgehead atoms. The van der Waals surface area contributed by atoms with Crippen molar-refractivity contribution in [3.8, 4) is 11.1 Å². The molecule has 2 aromatic rings. The van der Waals surface area contributed by atoms with Gasteiger partial charge in [-0.1, -0.05) is 54.6 Å². The summed E-state index contributed by atoms with van der Waals surface area (Å²) in [6.45, 7) is 3.79. The highest BCUT2D eigenvalue weighted by Crippen LogP contribution is 2.44. The molecule has 2 aromatic carbocycles. The van der Waals surface area contributed by atoms with Gasteiger partial charge in [-0.05, 0) is 34.4 Å². The van der Waals surface area contributed by atoms with Crippen molar-refractivity contribution in [2.45, 2.75) is 18.4 Å².